The maximum atomic E-state index is 12.1. The van der Waals surface area contributed by atoms with Crippen LogP contribution < -0.4 is 10.6 Å². The first-order valence-corrected chi connectivity index (χ1v) is 7.26. The second kappa shape index (κ2) is 7.83. The highest BCUT2D eigenvalue weighted by Gasteiger charge is 2.20. The summed E-state index contributed by atoms with van der Waals surface area (Å²) in [4.78, 5) is 22.6. The van der Waals surface area contributed by atoms with Gasteiger partial charge in [0.15, 0.2) is 0 Å². The van der Waals surface area contributed by atoms with Crippen LogP contribution in [0.2, 0.25) is 5.02 Å². The molecule has 0 spiro atoms. The Morgan fingerprint density at radius 3 is 2.48 bits per heavy atom. The highest BCUT2D eigenvalue weighted by atomic mass is 35.5. The molecule has 0 aromatic heterocycles. The van der Waals surface area contributed by atoms with Crippen molar-refractivity contribution in [1.82, 2.24) is 5.32 Å². The number of benzene rings is 1. The molecular formula is C14H20ClN3O3. The maximum Gasteiger partial charge on any atom is 0.294 e. The van der Waals surface area contributed by atoms with E-state index in [4.69, 9.17) is 11.6 Å². The highest BCUT2D eigenvalue weighted by molar-refractivity contribution is 6.34. The van der Waals surface area contributed by atoms with Crippen molar-refractivity contribution >= 4 is 28.9 Å². The Balaban J connectivity index is 2.98. The average Bonchev–Trinajstić information content (AvgIpc) is 2.46. The second-order valence-corrected chi connectivity index (χ2v) is 5.16. The van der Waals surface area contributed by atoms with Crippen molar-refractivity contribution < 1.29 is 9.72 Å². The summed E-state index contributed by atoms with van der Waals surface area (Å²) >= 11 is 5.99. The number of carbonyl (C=O) groups is 1. The summed E-state index contributed by atoms with van der Waals surface area (Å²) in [6, 6.07) is 2.67. The Kier molecular flexibility index (Phi) is 6.42. The number of nitro benzene ring substituents is 1. The van der Waals surface area contributed by atoms with Crippen molar-refractivity contribution in [3.8, 4) is 0 Å². The molecule has 0 saturated heterocycles. The van der Waals surface area contributed by atoms with Gasteiger partial charge in [0.05, 0.1) is 9.95 Å². The predicted octanol–water partition coefficient (Wildman–Crippen LogP) is 3.46. The first kappa shape index (κ1) is 17.2. The molecule has 0 atom stereocenters. The van der Waals surface area contributed by atoms with E-state index in [0.29, 0.717) is 12.5 Å². The van der Waals surface area contributed by atoms with Gasteiger partial charge in [0.1, 0.15) is 5.69 Å². The molecule has 1 amide bonds. The molecule has 0 fully saturated rings. The van der Waals surface area contributed by atoms with Crippen molar-refractivity contribution in [1.29, 1.82) is 0 Å². The van der Waals surface area contributed by atoms with Crippen LogP contribution in [0.3, 0.4) is 0 Å². The minimum atomic E-state index is -0.560. The van der Waals surface area contributed by atoms with Crippen LogP contribution >= 0.6 is 11.6 Å². The molecule has 1 rings (SSSR count). The Hall–Kier alpha value is -1.82. The van der Waals surface area contributed by atoms with Crippen LogP contribution in [-0.2, 0) is 0 Å². The number of nitrogens with zero attached hydrogens (tertiary/aromatic N) is 1. The smallest absolute Gasteiger partial charge is 0.294 e. The Morgan fingerprint density at radius 1 is 1.38 bits per heavy atom. The Labute approximate surface area is 129 Å². The SMILES string of the molecule is CCC(CC)CNC(=O)c1cc(Cl)c(NC)c([N+](=O)[O-])c1. The van der Waals surface area contributed by atoms with E-state index in [2.05, 4.69) is 24.5 Å². The lowest BCUT2D eigenvalue weighted by atomic mass is 10.0. The molecule has 0 heterocycles. The first-order valence-electron chi connectivity index (χ1n) is 6.88. The van der Waals surface area contributed by atoms with Crippen molar-refractivity contribution in [2.75, 3.05) is 18.9 Å². The summed E-state index contributed by atoms with van der Waals surface area (Å²) in [7, 11) is 1.54. The van der Waals surface area contributed by atoms with Crippen molar-refractivity contribution in [3.05, 3.63) is 32.8 Å². The number of anilines is 1. The van der Waals surface area contributed by atoms with Gasteiger partial charge in [-0.1, -0.05) is 38.3 Å². The summed E-state index contributed by atoms with van der Waals surface area (Å²) in [6.07, 6.45) is 1.94. The number of hydrogen-bond acceptors (Lipinski definition) is 4. The molecule has 0 radical (unpaired) electrons. The van der Waals surface area contributed by atoms with Gasteiger partial charge in [-0.25, -0.2) is 0 Å². The summed E-state index contributed by atoms with van der Waals surface area (Å²) in [5.74, 6) is 0.0468. The summed E-state index contributed by atoms with van der Waals surface area (Å²) in [5, 5.41) is 16.7. The van der Waals surface area contributed by atoms with E-state index < -0.39 is 4.92 Å². The minimum absolute atomic E-state index is 0.152. The monoisotopic (exact) mass is 313 g/mol. The third-order valence-electron chi connectivity index (χ3n) is 3.48. The molecule has 1 aromatic rings. The molecule has 6 nitrogen and oxygen atoms in total. The molecule has 116 valence electrons. The molecular weight excluding hydrogens is 294 g/mol. The normalized spacial score (nSPS) is 10.5. The lowest BCUT2D eigenvalue weighted by molar-refractivity contribution is -0.383. The lowest BCUT2D eigenvalue weighted by Gasteiger charge is -2.14. The van der Waals surface area contributed by atoms with Crippen LogP contribution in [0.5, 0.6) is 0 Å². The zero-order chi connectivity index (χ0) is 16.0. The molecule has 0 bridgehead atoms. The van der Waals surface area contributed by atoms with Crippen LogP contribution in [-0.4, -0.2) is 24.4 Å². The fraction of sp³-hybridized carbons (Fsp3) is 0.500. The standard InChI is InChI=1S/C14H20ClN3O3/c1-4-9(5-2)8-17-14(19)10-6-11(15)13(16-3)12(7-10)18(20)21/h6-7,9,16H,4-5,8H2,1-3H3,(H,17,19). The van der Waals surface area contributed by atoms with Gasteiger partial charge in [0.25, 0.3) is 11.6 Å². The molecule has 0 unspecified atom stereocenters. The molecule has 1 aromatic carbocycles. The fourth-order valence-electron chi connectivity index (χ4n) is 2.03. The van der Waals surface area contributed by atoms with Gasteiger partial charge in [-0.3, -0.25) is 14.9 Å². The minimum Gasteiger partial charge on any atom is -0.381 e. The van der Waals surface area contributed by atoms with Gasteiger partial charge in [-0.15, -0.1) is 0 Å². The van der Waals surface area contributed by atoms with Gasteiger partial charge in [-0.2, -0.15) is 0 Å². The Morgan fingerprint density at radius 2 is 2.00 bits per heavy atom. The quantitative estimate of drug-likeness (QED) is 0.596. The van der Waals surface area contributed by atoms with Crippen LogP contribution in [0.15, 0.2) is 12.1 Å². The van der Waals surface area contributed by atoms with Gasteiger partial charge >= 0.3 is 0 Å². The topological polar surface area (TPSA) is 84.3 Å². The summed E-state index contributed by atoms with van der Waals surface area (Å²) in [6.45, 7) is 4.67. The van der Waals surface area contributed by atoms with Crippen molar-refractivity contribution in [2.45, 2.75) is 26.7 Å². The number of carbonyl (C=O) groups excluding carboxylic acids is 1. The van der Waals surface area contributed by atoms with E-state index in [1.54, 1.807) is 7.05 Å². The number of nitro groups is 1. The highest BCUT2D eigenvalue weighted by Crippen LogP contribution is 2.33. The largest absolute Gasteiger partial charge is 0.381 e. The molecule has 21 heavy (non-hydrogen) atoms. The van der Waals surface area contributed by atoms with E-state index in [0.717, 1.165) is 12.8 Å². The van der Waals surface area contributed by atoms with Gasteiger partial charge in [0.2, 0.25) is 0 Å². The van der Waals surface area contributed by atoms with Crippen LogP contribution in [0.1, 0.15) is 37.0 Å². The summed E-state index contributed by atoms with van der Waals surface area (Å²) < 4.78 is 0. The van der Waals surface area contributed by atoms with Crippen LogP contribution in [0.25, 0.3) is 0 Å². The van der Waals surface area contributed by atoms with E-state index in [-0.39, 0.29) is 27.9 Å². The van der Waals surface area contributed by atoms with Crippen LogP contribution in [0.4, 0.5) is 11.4 Å². The van der Waals surface area contributed by atoms with Crippen molar-refractivity contribution in [2.24, 2.45) is 5.92 Å². The Bertz CT molecular complexity index is 530. The summed E-state index contributed by atoms with van der Waals surface area (Å²) in [5.41, 5.74) is 0.188. The van der Waals surface area contributed by atoms with E-state index in [9.17, 15) is 14.9 Å². The zero-order valence-corrected chi connectivity index (χ0v) is 13.2. The van der Waals surface area contributed by atoms with Crippen molar-refractivity contribution in [3.63, 3.8) is 0 Å². The second-order valence-electron chi connectivity index (χ2n) is 4.75. The maximum absolute atomic E-state index is 12.1. The molecule has 0 aliphatic rings. The van der Waals surface area contributed by atoms with E-state index in [1.807, 2.05) is 0 Å². The lowest BCUT2D eigenvalue weighted by Crippen LogP contribution is -2.29. The number of rotatable bonds is 7. The number of hydrogen-bond donors (Lipinski definition) is 2. The number of halogens is 1. The first-order chi connectivity index (χ1) is 9.94. The van der Waals surface area contributed by atoms with E-state index in [1.165, 1.54) is 12.1 Å². The predicted molar refractivity (Wildman–Crippen MR) is 84.1 cm³/mol. The molecule has 2 N–H and O–H groups in total. The van der Waals surface area contributed by atoms with Gasteiger partial charge in [-0.05, 0) is 12.0 Å². The third-order valence-corrected chi connectivity index (χ3v) is 3.78. The molecule has 0 aliphatic heterocycles. The number of amides is 1. The number of nitrogens with one attached hydrogen (secondary N) is 2. The zero-order valence-electron chi connectivity index (χ0n) is 12.4. The molecule has 7 heteroatoms. The molecule has 0 aliphatic carbocycles. The van der Waals surface area contributed by atoms with Gasteiger partial charge < -0.3 is 10.6 Å². The average molecular weight is 314 g/mol. The van der Waals surface area contributed by atoms with Gasteiger partial charge in [0, 0.05) is 25.2 Å². The van der Waals surface area contributed by atoms with Crippen LogP contribution in [0, 0.1) is 16.0 Å². The van der Waals surface area contributed by atoms with E-state index >= 15 is 0 Å². The molecule has 0 saturated carbocycles. The fourth-order valence-corrected chi connectivity index (χ4v) is 2.34. The third kappa shape index (κ3) is 4.32.